The molecule has 0 unspecified atom stereocenters. The third kappa shape index (κ3) is 7.01. The van der Waals surface area contributed by atoms with Crippen LogP contribution in [0.5, 0.6) is 5.75 Å². The molecule has 234 valence electrons. The number of hydrogen-bond acceptors (Lipinski definition) is 7. The van der Waals surface area contributed by atoms with E-state index in [-0.39, 0.29) is 23.4 Å². The van der Waals surface area contributed by atoms with Gasteiger partial charge in [0.15, 0.2) is 5.82 Å². The number of aromatic nitrogens is 3. The average Bonchev–Trinajstić information content (AvgIpc) is 3.47. The van der Waals surface area contributed by atoms with E-state index in [1.165, 1.54) is 0 Å². The third-order valence-electron chi connectivity index (χ3n) is 9.68. The zero-order valence-corrected chi connectivity index (χ0v) is 25.4. The Labute approximate surface area is 258 Å². The summed E-state index contributed by atoms with van der Waals surface area (Å²) in [6.45, 7) is 9.00. The fourth-order valence-electron chi connectivity index (χ4n) is 7.05. The fraction of sp³-hybridized carbons (Fsp3) is 0.500. The lowest BCUT2D eigenvalue weighted by atomic mass is 9.80. The van der Waals surface area contributed by atoms with Crippen molar-refractivity contribution in [2.45, 2.75) is 57.0 Å². The standard InChI is InChI=1S/C34H44N6O4/c1-24(38-19-13-29(14-20-38)40-34(43)36-32(37-40)28-5-3-2-4-6-28)35-31(23-25-7-9-30(41)10-8-25)33(42)39-17-11-26(12-18-39)27-15-21-44-22-16-27/h2-10,26-27,29,31,35,41H,1,11-23H2,(H,36,37,43)/t31-/m1/s1. The number of benzene rings is 2. The molecule has 0 bridgehead atoms. The van der Waals surface area contributed by atoms with Crippen LogP contribution in [0.25, 0.3) is 11.4 Å². The van der Waals surface area contributed by atoms with Gasteiger partial charge in [-0.05, 0) is 68.1 Å². The molecule has 3 N–H and O–H groups in total. The molecule has 0 spiro atoms. The van der Waals surface area contributed by atoms with Gasteiger partial charge in [0.05, 0.1) is 11.9 Å². The molecule has 3 saturated heterocycles. The Hall–Kier alpha value is -4.05. The van der Waals surface area contributed by atoms with Gasteiger partial charge in [-0.3, -0.25) is 9.78 Å². The van der Waals surface area contributed by atoms with Gasteiger partial charge < -0.3 is 25.0 Å². The molecule has 1 atom stereocenters. The van der Waals surface area contributed by atoms with Crippen molar-refractivity contribution in [2.75, 3.05) is 39.4 Å². The Balaban J connectivity index is 1.08. The largest absolute Gasteiger partial charge is 0.508 e. The molecule has 10 nitrogen and oxygen atoms in total. The van der Waals surface area contributed by atoms with Crippen LogP contribution in [-0.4, -0.2) is 81.0 Å². The molecule has 0 aliphatic carbocycles. The van der Waals surface area contributed by atoms with Crippen molar-refractivity contribution >= 4 is 5.91 Å². The highest BCUT2D eigenvalue weighted by Gasteiger charge is 2.33. The summed E-state index contributed by atoms with van der Waals surface area (Å²) < 4.78 is 7.14. The first-order valence-corrected chi connectivity index (χ1v) is 16.0. The average molecular weight is 601 g/mol. The van der Waals surface area contributed by atoms with Crippen LogP contribution in [0.2, 0.25) is 0 Å². The summed E-state index contributed by atoms with van der Waals surface area (Å²) in [4.78, 5) is 33.8. The van der Waals surface area contributed by atoms with Crippen LogP contribution >= 0.6 is 0 Å². The van der Waals surface area contributed by atoms with Gasteiger partial charge in [0.25, 0.3) is 0 Å². The molecule has 2 aromatic carbocycles. The number of hydrogen-bond donors (Lipinski definition) is 3. The number of nitrogens with zero attached hydrogens (tertiary/aromatic N) is 4. The van der Waals surface area contributed by atoms with Gasteiger partial charge in [-0.15, -0.1) is 5.10 Å². The Morgan fingerprint density at radius 1 is 0.932 bits per heavy atom. The summed E-state index contributed by atoms with van der Waals surface area (Å²) in [7, 11) is 0. The van der Waals surface area contributed by atoms with Crippen molar-refractivity contribution in [2.24, 2.45) is 11.8 Å². The maximum Gasteiger partial charge on any atom is 0.343 e. The minimum atomic E-state index is -0.466. The van der Waals surface area contributed by atoms with E-state index in [0.717, 1.165) is 81.8 Å². The number of ether oxygens (including phenoxy) is 1. The number of carbonyl (C=O) groups is 1. The van der Waals surface area contributed by atoms with Crippen LogP contribution in [0.15, 0.2) is 71.8 Å². The van der Waals surface area contributed by atoms with Crippen molar-refractivity contribution < 1.29 is 14.6 Å². The number of H-pyrrole nitrogens is 1. The first-order chi connectivity index (χ1) is 21.4. The highest BCUT2D eigenvalue weighted by atomic mass is 16.5. The van der Waals surface area contributed by atoms with Crippen molar-refractivity contribution in [1.29, 1.82) is 0 Å². The van der Waals surface area contributed by atoms with E-state index >= 15 is 0 Å². The summed E-state index contributed by atoms with van der Waals surface area (Å²) in [5.74, 6) is 2.97. The SMILES string of the molecule is C=C(N[C@H](Cc1ccc(O)cc1)C(=O)N1CCC(C2CCOCC2)CC1)N1CCC(n2nc(-c3ccccc3)[nH]c2=O)CC1. The molecule has 0 saturated carbocycles. The van der Waals surface area contributed by atoms with E-state index in [2.05, 4.69) is 26.9 Å². The molecule has 3 aromatic rings. The second kappa shape index (κ2) is 13.7. The third-order valence-corrected chi connectivity index (χ3v) is 9.68. The van der Waals surface area contributed by atoms with Crippen LogP contribution in [-0.2, 0) is 16.0 Å². The highest BCUT2D eigenvalue weighted by Crippen LogP contribution is 2.32. The van der Waals surface area contributed by atoms with E-state index in [4.69, 9.17) is 4.74 Å². The van der Waals surface area contributed by atoms with Crippen molar-refractivity contribution in [3.05, 3.63) is 83.0 Å². The summed E-state index contributed by atoms with van der Waals surface area (Å²) in [5.41, 5.74) is 1.67. The predicted octanol–water partition coefficient (Wildman–Crippen LogP) is 3.92. The minimum Gasteiger partial charge on any atom is -0.508 e. The smallest absolute Gasteiger partial charge is 0.343 e. The molecule has 3 aliphatic heterocycles. The normalized spacial score (nSPS) is 19.5. The first-order valence-electron chi connectivity index (χ1n) is 16.0. The number of rotatable bonds is 9. The number of phenols is 1. The van der Waals surface area contributed by atoms with Crippen LogP contribution < -0.4 is 11.0 Å². The van der Waals surface area contributed by atoms with Gasteiger partial charge in [0.1, 0.15) is 11.8 Å². The fourth-order valence-corrected chi connectivity index (χ4v) is 7.05. The van der Waals surface area contributed by atoms with Crippen LogP contribution in [0.1, 0.15) is 50.1 Å². The van der Waals surface area contributed by atoms with Crippen LogP contribution in [0, 0.1) is 11.8 Å². The number of piperidine rings is 2. The van der Waals surface area contributed by atoms with E-state index in [0.29, 0.717) is 37.2 Å². The zero-order chi connectivity index (χ0) is 30.5. The lowest BCUT2D eigenvalue weighted by Gasteiger charge is -2.40. The highest BCUT2D eigenvalue weighted by molar-refractivity contribution is 5.82. The zero-order valence-electron chi connectivity index (χ0n) is 25.4. The van der Waals surface area contributed by atoms with Gasteiger partial charge in [-0.1, -0.05) is 49.0 Å². The van der Waals surface area contributed by atoms with E-state index in [1.807, 2.05) is 47.4 Å². The van der Waals surface area contributed by atoms with Crippen LogP contribution in [0.4, 0.5) is 0 Å². The van der Waals surface area contributed by atoms with Crippen molar-refractivity contribution in [1.82, 2.24) is 29.9 Å². The second-order valence-corrected chi connectivity index (χ2v) is 12.4. The number of carbonyl (C=O) groups excluding carboxylic acids is 1. The van der Waals surface area contributed by atoms with Gasteiger partial charge in [-0.25, -0.2) is 9.48 Å². The Morgan fingerprint density at radius 2 is 1.57 bits per heavy atom. The number of likely N-dealkylation sites (tertiary alicyclic amines) is 2. The maximum absolute atomic E-state index is 13.9. The molecule has 6 rings (SSSR count). The molecule has 1 aromatic heterocycles. The van der Waals surface area contributed by atoms with Gasteiger partial charge in [0.2, 0.25) is 5.91 Å². The Bertz CT molecular complexity index is 1450. The minimum absolute atomic E-state index is 0.00768. The van der Waals surface area contributed by atoms with Gasteiger partial charge in [0, 0.05) is 51.4 Å². The monoisotopic (exact) mass is 600 g/mol. The summed E-state index contributed by atoms with van der Waals surface area (Å²) in [6, 6.07) is 16.3. The summed E-state index contributed by atoms with van der Waals surface area (Å²) in [6.07, 6.45) is 6.32. The molecule has 3 fully saturated rings. The lowest BCUT2D eigenvalue weighted by Crippen LogP contribution is -2.52. The number of phenolic OH excluding ortho intramolecular Hbond substituents is 1. The number of aromatic amines is 1. The number of amides is 1. The topological polar surface area (TPSA) is 116 Å². The first kappa shape index (κ1) is 30.0. The molecular formula is C34H44N6O4. The van der Waals surface area contributed by atoms with E-state index in [9.17, 15) is 14.7 Å². The molecule has 4 heterocycles. The molecular weight excluding hydrogens is 556 g/mol. The number of aromatic hydroxyl groups is 1. The molecule has 0 radical (unpaired) electrons. The van der Waals surface area contributed by atoms with Crippen molar-refractivity contribution in [3.63, 3.8) is 0 Å². The van der Waals surface area contributed by atoms with E-state index in [1.54, 1.807) is 16.8 Å². The van der Waals surface area contributed by atoms with Gasteiger partial charge >= 0.3 is 5.69 Å². The Morgan fingerprint density at radius 3 is 2.25 bits per heavy atom. The molecule has 10 heteroatoms. The van der Waals surface area contributed by atoms with Crippen LogP contribution in [0.3, 0.4) is 0 Å². The molecule has 1 amide bonds. The van der Waals surface area contributed by atoms with E-state index < -0.39 is 6.04 Å². The molecule has 44 heavy (non-hydrogen) atoms. The quantitative estimate of drug-likeness (QED) is 0.341. The maximum atomic E-state index is 13.9. The van der Waals surface area contributed by atoms with Gasteiger partial charge in [-0.2, -0.15) is 0 Å². The Kier molecular flexibility index (Phi) is 9.35. The summed E-state index contributed by atoms with van der Waals surface area (Å²) in [5, 5.41) is 17.9. The lowest BCUT2D eigenvalue weighted by molar-refractivity contribution is -0.135. The van der Waals surface area contributed by atoms with Crippen molar-refractivity contribution in [3.8, 4) is 17.1 Å². The predicted molar refractivity (Wildman–Crippen MR) is 169 cm³/mol. The second-order valence-electron chi connectivity index (χ2n) is 12.4. The summed E-state index contributed by atoms with van der Waals surface area (Å²) >= 11 is 0. The molecule has 3 aliphatic rings. The number of nitrogens with one attached hydrogen (secondary N) is 2.